The number of carboxylic acids is 1. The van der Waals surface area contributed by atoms with E-state index >= 15 is 0 Å². The van der Waals surface area contributed by atoms with Crippen molar-refractivity contribution in [1.82, 2.24) is 0 Å². The van der Waals surface area contributed by atoms with E-state index in [1.807, 2.05) is 0 Å². The molecule has 0 aliphatic carbocycles. The highest BCUT2D eigenvalue weighted by molar-refractivity contribution is 5.98. The lowest BCUT2D eigenvalue weighted by molar-refractivity contribution is 0.0677. The van der Waals surface area contributed by atoms with Gasteiger partial charge >= 0.3 is 11.9 Å². The predicted octanol–water partition coefficient (Wildman–Crippen LogP) is 1.13. The lowest BCUT2D eigenvalue weighted by Gasteiger charge is -2.11. The molecule has 0 bridgehead atoms. The molecule has 23 heavy (non-hydrogen) atoms. The Hall–Kier alpha value is -3.62. The van der Waals surface area contributed by atoms with Crippen LogP contribution in [-0.2, 0) is 0 Å². The number of carbonyl (C=O) groups is 2. The first-order chi connectivity index (χ1) is 10.7. The number of benzene rings is 2. The fraction of sp³-hybridized carbons (Fsp3) is 0. The van der Waals surface area contributed by atoms with Crippen LogP contribution in [0, 0.1) is 0 Å². The Morgan fingerprint density at radius 3 is 1.83 bits per heavy atom. The van der Waals surface area contributed by atoms with Crippen molar-refractivity contribution in [1.29, 1.82) is 0 Å². The van der Waals surface area contributed by atoms with E-state index in [0.717, 1.165) is 24.3 Å². The number of hydrogen-bond donors (Lipinski definition) is 6. The summed E-state index contributed by atoms with van der Waals surface area (Å²) in [6, 6.07) is 3.59. The third-order valence-corrected chi connectivity index (χ3v) is 2.89. The summed E-state index contributed by atoms with van der Waals surface area (Å²) in [7, 11) is 0. The summed E-state index contributed by atoms with van der Waals surface area (Å²) in [5, 5.41) is 56.1. The van der Waals surface area contributed by atoms with Crippen molar-refractivity contribution in [2.75, 3.05) is 0 Å². The molecule has 2 aromatic rings. The van der Waals surface area contributed by atoms with Crippen LogP contribution in [-0.4, -0.2) is 42.6 Å². The van der Waals surface area contributed by atoms with E-state index in [9.17, 15) is 35.1 Å². The van der Waals surface area contributed by atoms with Gasteiger partial charge in [0.1, 0.15) is 11.1 Å². The summed E-state index contributed by atoms with van der Waals surface area (Å²) in [5.74, 6) is -8.08. The molecule has 2 aromatic carbocycles. The van der Waals surface area contributed by atoms with Gasteiger partial charge in [-0.2, -0.15) is 0 Å². The SMILES string of the molecule is O=C(Oc1c(C(=O)O)ccc(O)c1O)c1ccc(O)c(O)c1O. The van der Waals surface area contributed by atoms with E-state index in [0.29, 0.717) is 0 Å². The number of esters is 1. The minimum atomic E-state index is -1.54. The predicted molar refractivity (Wildman–Crippen MR) is 73.1 cm³/mol. The van der Waals surface area contributed by atoms with Crippen molar-refractivity contribution in [2.45, 2.75) is 0 Å². The largest absolute Gasteiger partial charge is 0.504 e. The Kier molecular flexibility index (Phi) is 3.86. The summed E-state index contributed by atoms with van der Waals surface area (Å²) in [6.07, 6.45) is 0. The van der Waals surface area contributed by atoms with Crippen molar-refractivity contribution in [3.05, 3.63) is 35.4 Å². The highest BCUT2D eigenvalue weighted by Gasteiger charge is 2.25. The molecule has 0 spiro atoms. The van der Waals surface area contributed by atoms with Gasteiger partial charge in [-0.25, -0.2) is 9.59 Å². The Labute approximate surface area is 127 Å². The average molecular weight is 322 g/mol. The molecule has 0 atom stereocenters. The smallest absolute Gasteiger partial charge is 0.347 e. The number of rotatable bonds is 3. The number of aromatic carboxylic acids is 1. The molecule has 0 heterocycles. The van der Waals surface area contributed by atoms with Crippen LogP contribution in [0.1, 0.15) is 20.7 Å². The molecule has 6 N–H and O–H groups in total. The molecule has 0 unspecified atom stereocenters. The van der Waals surface area contributed by atoms with Gasteiger partial charge in [0.25, 0.3) is 0 Å². The van der Waals surface area contributed by atoms with Gasteiger partial charge in [-0.3, -0.25) is 0 Å². The molecule has 9 nitrogen and oxygen atoms in total. The Bertz CT molecular complexity index is 810. The second-order valence-electron chi connectivity index (χ2n) is 4.33. The first-order valence-corrected chi connectivity index (χ1v) is 5.98. The highest BCUT2D eigenvalue weighted by atomic mass is 16.5. The van der Waals surface area contributed by atoms with E-state index in [1.54, 1.807) is 0 Å². The maximum atomic E-state index is 12.0. The highest BCUT2D eigenvalue weighted by Crippen LogP contribution is 2.41. The van der Waals surface area contributed by atoms with Crippen LogP contribution in [0.4, 0.5) is 0 Å². The third-order valence-electron chi connectivity index (χ3n) is 2.89. The van der Waals surface area contributed by atoms with Crippen LogP contribution in [0.25, 0.3) is 0 Å². The number of phenols is 5. The summed E-state index contributed by atoms with van der Waals surface area (Å²) in [4.78, 5) is 23.0. The molecule has 120 valence electrons. The summed E-state index contributed by atoms with van der Waals surface area (Å²) in [5.41, 5.74) is -1.21. The van der Waals surface area contributed by atoms with E-state index in [2.05, 4.69) is 0 Å². The van der Waals surface area contributed by atoms with Gasteiger partial charge in [0.15, 0.2) is 23.0 Å². The number of carbonyl (C=O) groups excluding carboxylic acids is 1. The molecule has 2 rings (SSSR count). The van der Waals surface area contributed by atoms with Crippen LogP contribution >= 0.6 is 0 Å². The summed E-state index contributed by atoms with van der Waals surface area (Å²) in [6.45, 7) is 0. The van der Waals surface area contributed by atoms with Gasteiger partial charge in [0, 0.05) is 0 Å². The first kappa shape index (κ1) is 15.8. The molecular formula is C14H10O9. The zero-order valence-electron chi connectivity index (χ0n) is 11.2. The topological polar surface area (TPSA) is 165 Å². The minimum Gasteiger partial charge on any atom is -0.504 e. The maximum absolute atomic E-state index is 12.0. The molecule has 0 aliphatic heterocycles. The molecule has 0 aliphatic rings. The van der Waals surface area contributed by atoms with Crippen molar-refractivity contribution >= 4 is 11.9 Å². The molecule has 0 saturated carbocycles. The molecule has 0 aromatic heterocycles. The van der Waals surface area contributed by atoms with Crippen LogP contribution < -0.4 is 4.74 Å². The van der Waals surface area contributed by atoms with Gasteiger partial charge in [-0.05, 0) is 24.3 Å². The monoisotopic (exact) mass is 322 g/mol. The van der Waals surface area contributed by atoms with Crippen LogP contribution in [0.3, 0.4) is 0 Å². The van der Waals surface area contributed by atoms with E-state index < -0.39 is 57.6 Å². The lowest BCUT2D eigenvalue weighted by atomic mass is 10.1. The van der Waals surface area contributed by atoms with Gasteiger partial charge in [0.2, 0.25) is 11.5 Å². The second-order valence-corrected chi connectivity index (χ2v) is 4.33. The van der Waals surface area contributed by atoms with Crippen molar-refractivity contribution in [2.24, 2.45) is 0 Å². The fourth-order valence-electron chi connectivity index (χ4n) is 1.71. The normalized spacial score (nSPS) is 10.3. The maximum Gasteiger partial charge on any atom is 0.347 e. The van der Waals surface area contributed by atoms with E-state index in [1.165, 1.54) is 0 Å². The van der Waals surface area contributed by atoms with Crippen LogP contribution in [0.2, 0.25) is 0 Å². The zero-order valence-corrected chi connectivity index (χ0v) is 11.2. The molecule has 0 amide bonds. The van der Waals surface area contributed by atoms with Crippen molar-refractivity contribution in [3.63, 3.8) is 0 Å². The summed E-state index contributed by atoms with van der Waals surface area (Å²) < 4.78 is 4.70. The van der Waals surface area contributed by atoms with Gasteiger partial charge in [-0.15, -0.1) is 0 Å². The Morgan fingerprint density at radius 2 is 1.26 bits per heavy atom. The number of ether oxygens (including phenoxy) is 1. The lowest BCUT2D eigenvalue weighted by Crippen LogP contribution is -2.12. The summed E-state index contributed by atoms with van der Waals surface area (Å²) >= 11 is 0. The quantitative estimate of drug-likeness (QED) is 0.276. The van der Waals surface area contributed by atoms with Crippen LogP contribution in [0.5, 0.6) is 34.5 Å². The molecule has 0 radical (unpaired) electrons. The zero-order chi connectivity index (χ0) is 17.3. The standard InChI is InChI=1S/C14H10O9/c15-7-3-1-5(9(17)10(7)18)14(22)23-12-6(13(20)21)2-4-8(16)11(12)19/h1-4,15-19H,(H,20,21). The van der Waals surface area contributed by atoms with Gasteiger partial charge in [-0.1, -0.05) is 0 Å². The minimum absolute atomic E-state index is 0.598. The van der Waals surface area contributed by atoms with E-state index in [-0.39, 0.29) is 0 Å². The van der Waals surface area contributed by atoms with Gasteiger partial charge < -0.3 is 35.4 Å². The first-order valence-electron chi connectivity index (χ1n) is 5.98. The van der Waals surface area contributed by atoms with Gasteiger partial charge in [0.05, 0.1) is 0 Å². The van der Waals surface area contributed by atoms with Crippen LogP contribution in [0.15, 0.2) is 24.3 Å². The molecule has 0 fully saturated rings. The number of carboxylic acid groups (broad SMARTS) is 1. The second kappa shape index (κ2) is 5.64. The van der Waals surface area contributed by atoms with Crippen molar-refractivity contribution in [3.8, 4) is 34.5 Å². The number of phenolic OH excluding ortho intramolecular Hbond substituents is 5. The van der Waals surface area contributed by atoms with Crippen molar-refractivity contribution < 1.29 is 45.0 Å². The molecule has 0 saturated heterocycles. The van der Waals surface area contributed by atoms with E-state index in [4.69, 9.17) is 9.84 Å². The number of hydrogen-bond acceptors (Lipinski definition) is 8. The molecule has 9 heteroatoms. The molecular weight excluding hydrogens is 312 g/mol. The fourth-order valence-corrected chi connectivity index (χ4v) is 1.71. The Balaban J connectivity index is 2.48. The number of aromatic hydroxyl groups is 5. The Morgan fingerprint density at radius 1 is 0.739 bits per heavy atom. The third kappa shape index (κ3) is 2.75. The average Bonchev–Trinajstić information content (AvgIpc) is 2.49.